The maximum Gasteiger partial charge on any atom is 0.222 e. The summed E-state index contributed by atoms with van der Waals surface area (Å²) < 4.78 is 0. The zero-order valence-corrected chi connectivity index (χ0v) is 21.7. The molecule has 2 aliphatic rings. The van der Waals surface area contributed by atoms with Gasteiger partial charge in [-0.25, -0.2) is 15.0 Å². The topological polar surface area (TPSA) is 81.0 Å². The van der Waals surface area contributed by atoms with Crippen molar-refractivity contribution in [2.45, 2.75) is 11.2 Å². The maximum absolute atomic E-state index is 4.93. The molecule has 37 heavy (non-hydrogen) atoms. The first-order chi connectivity index (χ1) is 18.3. The van der Waals surface area contributed by atoms with Crippen LogP contribution in [0.15, 0.2) is 106 Å². The van der Waals surface area contributed by atoms with Crippen LogP contribution in [-0.2, 0) is 0 Å². The van der Waals surface area contributed by atoms with Crippen molar-refractivity contribution in [1.82, 2.24) is 20.2 Å². The van der Waals surface area contributed by atoms with Crippen molar-refractivity contribution < 1.29 is 0 Å². The lowest BCUT2D eigenvalue weighted by Gasteiger charge is -2.38. The first kappa shape index (κ1) is 23.5. The Labute approximate surface area is 224 Å². The Bertz CT molecular complexity index is 1370. The van der Waals surface area contributed by atoms with Crippen LogP contribution in [0.25, 0.3) is 10.4 Å². The van der Waals surface area contributed by atoms with Crippen molar-refractivity contribution in [3.63, 3.8) is 0 Å². The molecule has 10 heteroatoms. The molecule has 0 amide bonds. The van der Waals surface area contributed by atoms with E-state index in [4.69, 9.17) is 9.98 Å². The number of amidine groups is 1. The molecular weight excluding hydrogens is 500 g/mol. The number of thioether (sulfide) groups is 1. The van der Waals surface area contributed by atoms with Gasteiger partial charge in [0.25, 0.3) is 0 Å². The minimum absolute atomic E-state index is 0.463. The van der Waals surface area contributed by atoms with Crippen LogP contribution < -0.4 is 15.5 Å². The molecule has 1 fully saturated rings. The van der Waals surface area contributed by atoms with E-state index >= 15 is 0 Å². The van der Waals surface area contributed by atoms with Crippen molar-refractivity contribution in [3.8, 4) is 10.4 Å². The van der Waals surface area contributed by atoms with Crippen molar-refractivity contribution in [2.24, 2.45) is 9.98 Å². The number of thiazole rings is 1. The molecule has 2 N–H and O–H groups in total. The highest BCUT2D eigenvalue weighted by molar-refractivity contribution is 8.13. The quantitative estimate of drug-likeness (QED) is 0.386. The highest BCUT2D eigenvalue weighted by atomic mass is 32.2. The smallest absolute Gasteiger partial charge is 0.222 e. The molecule has 4 aromatic rings. The van der Waals surface area contributed by atoms with Crippen molar-refractivity contribution in [3.05, 3.63) is 91.4 Å². The second-order valence-electron chi connectivity index (χ2n) is 8.52. The van der Waals surface area contributed by atoms with Gasteiger partial charge in [-0.15, -0.1) is 0 Å². The first-order valence-corrected chi connectivity index (χ1v) is 13.8. The number of hydrogen-bond donors (Lipinski definition) is 2. The van der Waals surface area contributed by atoms with Gasteiger partial charge >= 0.3 is 0 Å². The standard InChI is InChI=1S/C27H26N8S2/c1-3-7-20(8-4-1)23-19-29-26(37-23)31-24-30-25(33-27(32-24)36-22-9-5-2-6-10-22)35-17-15-34(16-18-35)21-11-13-28-14-12-21/h1-14,19,24H,15-18H2,(H,29,31)(H,30,32,33). The summed E-state index contributed by atoms with van der Waals surface area (Å²) in [5, 5.41) is 8.51. The molecular formula is C27H26N8S2. The molecule has 6 rings (SSSR count). The van der Waals surface area contributed by atoms with E-state index in [1.165, 1.54) is 5.69 Å². The fraction of sp³-hybridized carbons (Fsp3) is 0.185. The van der Waals surface area contributed by atoms with Gasteiger partial charge in [0.2, 0.25) is 12.2 Å². The van der Waals surface area contributed by atoms with E-state index in [2.05, 4.69) is 66.8 Å². The van der Waals surface area contributed by atoms with Gasteiger partial charge in [0.05, 0.1) is 4.88 Å². The lowest BCUT2D eigenvalue weighted by molar-refractivity contribution is 0.375. The molecule has 0 spiro atoms. The molecule has 0 bridgehead atoms. The third kappa shape index (κ3) is 5.76. The molecule has 186 valence electrons. The van der Waals surface area contributed by atoms with E-state index in [0.29, 0.717) is 0 Å². The zero-order valence-electron chi connectivity index (χ0n) is 20.1. The summed E-state index contributed by atoms with van der Waals surface area (Å²) in [5.74, 6) is 0.833. The van der Waals surface area contributed by atoms with Crippen LogP contribution in [0, 0.1) is 0 Å². The Morgan fingerprint density at radius 3 is 2.30 bits per heavy atom. The SMILES string of the molecule is c1ccc(SC2=NC(Nc3ncc(-c4ccccc4)s3)N=C(N3CCN(c4ccncc4)CC3)N2)cc1. The first-order valence-electron chi connectivity index (χ1n) is 12.1. The minimum Gasteiger partial charge on any atom is -0.368 e. The summed E-state index contributed by atoms with van der Waals surface area (Å²) in [6.45, 7) is 3.54. The zero-order chi connectivity index (χ0) is 24.9. The second kappa shape index (κ2) is 11.0. The van der Waals surface area contributed by atoms with Crippen LogP contribution in [0.4, 0.5) is 10.8 Å². The number of anilines is 2. The second-order valence-corrected chi connectivity index (χ2v) is 10.6. The molecule has 0 radical (unpaired) electrons. The number of nitrogens with one attached hydrogen (secondary N) is 2. The Balaban J connectivity index is 1.19. The van der Waals surface area contributed by atoms with E-state index in [1.807, 2.05) is 55.0 Å². The molecule has 8 nitrogen and oxygen atoms in total. The number of nitrogens with zero attached hydrogens (tertiary/aromatic N) is 6. The van der Waals surface area contributed by atoms with Crippen LogP contribution in [0.2, 0.25) is 0 Å². The fourth-order valence-electron chi connectivity index (χ4n) is 4.21. The Morgan fingerprint density at radius 2 is 1.54 bits per heavy atom. The lowest BCUT2D eigenvalue weighted by atomic mass is 10.2. The van der Waals surface area contributed by atoms with Gasteiger partial charge in [0.15, 0.2) is 10.3 Å². The van der Waals surface area contributed by atoms with E-state index in [-0.39, 0.29) is 0 Å². The maximum atomic E-state index is 4.93. The number of rotatable bonds is 5. The lowest BCUT2D eigenvalue weighted by Crippen LogP contribution is -2.55. The van der Waals surface area contributed by atoms with Crippen LogP contribution in [0.5, 0.6) is 0 Å². The number of piperazine rings is 1. The molecule has 0 aliphatic carbocycles. The summed E-state index contributed by atoms with van der Waals surface area (Å²) >= 11 is 3.21. The van der Waals surface area contributed by atoms with Gasteiger partial charge in [0, 0.05) is 55.4 Å². The number of aromatic nitrogens is 2. The predicted molar refractivity (Wildman–Crippen MR) is 153 cm³/mol. The van der Waals surface area contributed by atoms with Crippen LogP contribution in [0.1, 0.15) is 0 Å². The van der Waals surface area contributed by atoms with E-state index in [9.17, 15) is 0 Å². The Hall–Kier alpha value is -3.89. The summed E-state index contributed by atoms with van der Waals surface area (Å²) in [6, 6.07) is 24.7. The molecule has 1 atom stereocenters. The molecule has 1 saturated heterocycles. The van der Waals surface area contributed by atoms with Crippen molar-refractivity contribution in [1.29, 1.82) is 0 Å². The molecule has 1 unspecified atom stereocenters. The van der Waals surface area contributed by atoms with E-state index in [0.717, 1.165) is 57.8 Å². The monoisotopic (exact) mass is 526 g/mol. The fourth-order valence-corrected chi connectivity index (χ4v) is 5.86. The molecule has 2 aromatic heterocycles. The molecule has 4 heterocycles. The van der Waals surface area contributed by atoms with E-state index in [1.54, 1.807) is 23.1 Å². The normalized spacial score (nSPS) is 17.6. The summed E-state index contributed by atoms with van der Waals surface area (Å²) in [7, 11) is 0. The highest BCUT2D eigenvalue weighted by Crippen LogP contribution is 2.30. The number of hydrogen-bond acceptors (Lipinski definition) is 10. The van der Waals surface area contributed by atoms with Gasteiger partial charge < -0.3 is 20.4 Å². The van der Waals surface area contributed by atoms with Gasteiger partial charge in [0.1, 0.15) is 0 Å². The number of guanidine groups is 1. The summed E-state index contributed by atoms with van der Waals surface area (Å²) in [6.07, 6.45) is 5.12. The van der Waals surface area contributed by atoms with Gasteiger partial charge in [-0.05, 0) is 29.8 Å². The molecule has 0 saturated carbocycles. The number of aliphatic imine (C=N–C) groups is 2. The number of pyridine rings is 1. The van der Waals surface area contributed by atoms with Crippen LogP contribution in [0.3, 0.4) is 0 Å². The Morgan fingerprint density at radius 1 is 0.838 bits per heavy atom. The predicted octanol–water partition coefficient (Wildman–Crippen LogP) is 4.83. The van der Waals surface area contributed by atoms with Gasteiger partial charge in [-0.1, -0.05) is 71.6 Å². The largest absolute Gasteiger partial charge is 0.368 e. The average Bonchev–Trinajstić information content (AvgIpc) is 3.43. The summed E-state index contributed by atoms with van der Waals surface area (Å²) in [4.78, 5) is 25.4. The minimum atomic E-state index is -0.463. The average molecular weight is 527 g/mol. The molecule has 2 aliphatic heterocycles. The highest BCUT2D eigenvalue weighted by Gasteiger charge is 2.26. The van der Waals surface area contributed by atoms with Crippen molar-refractivity contribution in [2.75, 3.05) is 36.4 Å². The van der Waals surface area contributed by atoms with Crippen LogP contribution >= 0.6 is 23.1 Å². The summed E-state index contributed by atoms with van der Waals surface area (Å²) in [5.41, 5.74) is 2.35. The van der Waals surface area contributed by atoms with E-state index < -0.39 is 6.29 Å². The number of benzene rings is 2. The van der Waals surface area contributed by atoms with Crippen molar-refractivity contribution >= 4 is 45.0 Å². The third-order valence-electron chi connectivity index (χ3n) is 6.08. The third-order valence-corrected chi connectivity index (χ3v) is 7.97. The Kier molecular flexibility index (Phi) is 7.00. The van der Waals surface area contributed by atoms with Gasteiger partial charge in [-0.2, -0.15) is 0 Å². The van der Waals surface area contributed by atoms with Gasteiger partial charge in [-0.3, -0.25) is 4.98 Å². The van der Waals surface area contributed by atoms with Crippen LogP contribution in [-0.4, -0.2) is 58.5 Å². The molecule has 2 aromatic carbocycles.